The second-order valence-corrected chi connectivity index (χ2v) is 5.42. The minimum atomic E-state index is -0.686. The lowest BCUT2D eigenvalue weighted by molar-refractivity contribution is -0.134. The second kappa shape index (κ2) is 6.48. The van der Waals surface area contributed by atoms with Gasteiger partial charge in [0.15, 0.2) is 11.9 Å². The molecule has 1 aromatic rings. The Hall–Kier alpha value is -1.68. The van der Waals surface area contributed by atoms with Crippen molar-refractivity contribution in [3.05, 3.63) is 35.9 Å². The third kappa shape index (κ3) is 4.48. The van der Waals surface area contributed by atoms with Crippen molar-refractivity contribution in [2.45, 2.75) is 26.9 Å². The fourth-order valence-corrected chi connectivity index (χ4v) is 1.55. The summed E-state index contributed by atoms with van der Waals surface area (Å²) >= 11 is 0. The van der Waals surface area contributed by atoms with Crippen LogP contribution in [0, 0.1) is 5.41 Å². The zero-order chi connectivity index (χ0) is 14.5. The summed E-state index contributed by atoms with van der Waals surface area (Å²) in [6, 6.07) is 9.19. The van der Waals surface area contributed by atoms with Crippen molar-refractivity contribution < 1.29 is 14.3 Å². The molecule has 1 atom stereocenters. The maximum Gasteiger partial charge on any atom is 0.254 e. The highest BCUT2D eigenvalue weighted by atomic mass is 16.5. The minimum absolute atomic E-state index is 0.0104. The normalized spacial score (nSPS) is 12.8. The summed E-state index contributed by atoms with van der Waals surface area (Å²) in [7, 11) is 1.48. The van der Waals surface area contributed by atoms with Crippen molar-refractivity contribution in [3.8, 4) is 0 Å². The lowest BCUT2D eigenvalue weighted by Crippen LogP contribution is -2.38. The second-order valence-electron chi connectivity index (χ2n) is 5.42. The predicted octanol–water partition coefficient (Wildman–Crippen LogP) is 2.11. The highest BCUT2D eigenvalue weighted by Gasteiger charge is 2.24. The molecule has 19 heavy (non-hydrogen) atoms. The average molecular weight is 263 g/mol. The Morgan fingerprint density at radius 3 is 2.26 bits per heavy atom. The van der Waals surface area contributed by atoms with Crippen LogP contribution in [0.4, 0.5) is 0 Å². The van der Waals surface area contributed by atoms with Gasteiger partial charge in [0.1, 0.15) is 0 Å². The van der Waals surface area contributed by atoms with Crippen LogP contribution in [-0.2, 0) is 14.3 Å². The van der Waals surface area contributed by atoms with Gasteiger partial charge < -0.3 is 10.1 Å². The van der Waals surface area contributed by atoms with E-state index in [4.69, 9.17) is 4.74 Å². The van der Waals surface area contributed by atoms with Gasteiger partial charge >= 0.3 is 0 Å². The molecule has 0 fully saturated rings. The van der Waals surface area contributed by atoms with Gasteiger partial charge in [0.25, 0.3) is 5.91 Å². The Balaban J connectivity index is 2.64. The Bertz CT molecular complexity index is 434. The van der Waals surface area contributed by atoms with E-state index in [-0.39, 0.29) is 18.2 Å². The number of ether oxygens (including phenoxy) is 1. The molecule has 0 aliphatic heterocycles. The number of methoxy groups -OCH3 is 1. The van der Waals surface area contributed by atoms with Gasteiger partial charge in [-0.25, -0.2) is 0 Å². The molecule has 0 saturated carbocycles. The molecule has 4 nitrogen and oxygen atoms in total. The molecule has 0 radical (unpaired) electrons. The SMILES string of the molecule is COC(C(=O)NCC(=O)C(C)(C)C)c1ccccc1. The first-order valence-electron chi connectivity index (χ1n) is 6.25. The molecule has 1 amide bonds. The number of Topliss-reactive ketones (excluding diaryl/α,β-unsaturated/α-hetero) is 1. The first-order chi connectivity index (χ1) is 8.86. The lowest BCUT2D eigenvalue weighted by atomic mass is 9.91. The van der Waals surface area contributed by atoms with Crippen LogP contribution in [0.25, 0.3) is 0 Å². The molecular weight excluding hydrogens is 242 g/mol. The number of amides is 1. The molecule has 1 N–H and O–H groups in total. The Morgan fingerprint density at radius 2 is 1.79 bits per heavy atom. The fraction of sp³-hybridized carbons (Fsp3) is 0.467. The molecule has 0 heterocycles. The first kappa shape index (κ1) is 15.4. The summed E-state index contributed by atoms with van der Waals surface area (Å²) in [6.45, 7) is 5.50. The molecule has 1 aromatic carbocycles. The van der Waals surface area contributed by atoms with Gasteiger partial charge in [0, 0.05) is 12.5 Å². The maximum atomic E-state index is 12.0. The summed E-state index contributed by atoms with van der Waals surface area (Å²) in [6.07, 6.45) is -0.686. The van der Waals surface area contributed by atoms with Crippen molar-refractivity contribution in [2.24, 2.45) is 5.41 Å². The van der Waals surface area contributed by atoms with Crippen molar-refractivity contribution in [1.29, 1.82) is 0 Å². The predicted molar refractivity (Wildman–Crippen MR) is 73.7 cm³/mol. The van der Waals surface area contributed by atoms with Crippen molar-refractivity contribution in [1.82, 2.24) is 5.32 Å². The van der Waals surface area contributed by atoms with E-state index in [1.165, 1.54) is 7.11 Å². The van der Waals surface area contributed by atoms with Crippen molar-refractivity contribution in [3.63, 3.8) is 0 Å². The minimum Gasteiger partial charge on any atom is -0.367 e. The number of rotatable bonds is 5. The van der Waals surface area contributed by atoms with Crippen LogP contribution in [0.3, 0.4) is 0 Å². The highest BCUT2D eigenvalue weighted by molar-refractivity contribution is 5.90. The largest absolute Gasteiger partial charge is 0.367 e. The van der Waals surface area contributed by atoms with E-state index in [1.807, 2.05) is 51.1 Å². The fourth-order valence-electron chi connectivity index (χ4n) is 1.55. The molecule has 1 unspecified atom stereocenters. The van der Waals surface area contributed by atoms with Crippen LogP contribution < -0.4 is 5.32 Å². The summed E-state index contributed by atoms with van der Waals surface area (Å²) in [5.74, 6) is -0.310. The summed E-state index contributed by atoms with van der Waals surface area (Å²) in [5, 5.41) is 2.62. The van der Waals surface area contributed by atoms with Crippen LogP contribution in [0.2, 0.25) is 0 Å². The molecule has 0 spiro atoms. The van der Waals surface area contributed by atoms with E-state index in [1.54, 1.807) is 0 Å². The van der Waals surface area contributed by atoms with E-state index >= 15 is 0 Å². The van der Waals surface area contributed by atoms with E-state index in [0.29, 0.717) is 0 Å². The van der Waals surface area contributed by atoms with E-state index < -0.39 is 11.5 Å². The van der Waals surface area contributed by atoms with Gasteiger partial charge in [-0.15, -0.1) is 0 Å². The van der Waals surface area contributed by atoms with Gasteiger partial charge in [-0.1, -0.05) is 51.1 Å². The average Bonchev–Trinajstić information content (AvgIpc) is 2.37. The molecule has 0 saturated heterocycles. The summed E-state index contributed by atoms with van der Waals surface area (Å²) < 4.78 is 5.19. The van der Waals surface area contributed by atoms with Crippen LogP contribution in [-0.4, -0.2) is 25.3 Å². The van der Waals surface area contributed by atoms with Crippen molar-refractivity contribution >= 4 is 11.7 Å². The van der Waals surface area contributed by atoms with Gasteiger partial charge in [0.05, 0.1) is 6.54 Å². The molecule has 0 aliphatic rings. The van der Waals surface area contributed by atoms with Gasteiger partial charge in [-0.3, -0.25) is 9.59 Å². The number of carbonyl (C=O) groups excluding carboxylic acids is 2. The van der Waals surface area contributed by atoms with Crippen LogP contribution in [0.5, 0.6) is 0 Å². The number of hydrogen-bond acceptors (Lipinski definition) is 3. The number of carbonyl (C=O) groups is 2. The topological polar surface area (TPSA) is 55.4 Å². The number of ketones is 1. The first-order valence-corrected chi connectivity index (χ1v) is 6.25. The lowest BCUT2D eigenvalue weighted by Gasteiger charge is -2.19. The van der Waals surface area contributed by atoms with Gasteiger partial charge in [-0.05, 0) is 5.56 Å². The quantitative estimate of drug-likeness (QED) is 0.885. The summed E-state index contributed by atoms with van der Waals surface area (Å²) in [4.78, 5) is 23.8. The Morgan fingerprint density at radius 1 is 1.21 bits per heavy atom. The highest BCUT2D eigenvalue weighted by Crippen LogP contribution is 2.17. The smallest absolute Gasteiger partial charge is 0.254 e. The molecule has 4 heteroatoms. The maximum absolute atomic E-state index is 12.0. The zero-order valence-corrected chi connectivity index (χ0v) is 11.9. The van der Waals surface area contributed by atoms with Crippen molar-refractivity contribution in [2.75, 3.05) is 13.7 Å². The van der Waals surface area contributed by atoms with E-state index in [2.05, 4.69) is 5.32 Å². The molecule has 104 valence electrons. The van der Waals surface area contributed by atoms with E-state index in [0.717, 1.165) is 5.56 Å². The Labute approximate surface area is 114 Å². The number of benzene rings is 1. The molecule has 0 bridgehead atoms. The third-order valence-corrected chi connectivity index (χ3v) is 2.84. The zero-order valence-electron chi connectivity index (χ0n) is 11.9. The molecule has 0 aromatic heterocycles. The standard InChI is InChI=1S/C15H21NO3/c1-15(2,3)12(17)10-16-14(18)13(19-4)11-8-6-5-7-9-11/h5-9,13H,10H2,1-4H3,(H,16,18). The monoisotopic (exact) mass is 263 g/mol. The van der Waals surface area contributed by atoms with Gasteiger partial charge in [-0.2, -0.15) is 0 Å². The van der Waals surface area contributed by atoms with Crippen LogP contribution in [0.1, 0.15) is 32.4 Å². The molecule has 0 aliphatic carbocycles. The summed E-state index contributed by atoms with van der Waals surface area (Å²) in [5.41, 5.74) is 0.313. The number of hydrogen-bond donors (Lipinski definition) is 1. The molecular formula is C15H21NO3. The molecule has 1 rings (SSSR count). The number of nitrogens with one attached hydrogen (secondary N) is 1. The van der Waals surface area contributed by atoms with Gasteiger partial charge in [0.2, 0.25) is 0 Å². The Kier molecular flexibility index (Phi) is 5.24. The van der Waals surface area contributed by atoms with E-state index in [9.17, 15) is 9.59 Å². The third-order valence-electron chi connectivity index (χ3n) is 2.84. The van der Waals surface area contributed by atoms with Crippen LogP contribution >= 0.6 is 0 Å². The van der Waals surface area contributed by atoms with Crippen LogP contribution in [0.15, 0.2) is 30.3 Å².